The van der Waals surface area contributed by atoms with Crippen molar-refractivity contribution >= 4 is 29.8 Å². The number of aliphatic imine (C=N–C) groups is 1. The van der Waals surface area contributed by atoms with Crippen molar-refractivity contribution in [3.8, 4) is 0 Å². The summed E-state index contributed by atoms with van der Waals surface area (Å²) in [5.41, 5.74) is 11.0. The van der Waals surface area contributed by atoms with Gasteiger partial charge in [0.15, 0.2) is 5.96 Å². The second-order valence-corrected chi connectivity index (χ2v) is 16.4. The summed E-state index contributed by atoms with van der Waals surface area (Å²) in [4.78, 5) is 55.7. The number of guanidine groups is 1. The number of unbranched alkanes of at least 4 members (excludes halogenated alkanes) is 19. The summed E-state index contributed by atoms with van der Waals surface area (Å²) in [6.07, 6.45) is 30.7. The first-order valence-corrected chi connectivity index (χ1v) is 24.0. The smallest absolute Gasteiger partial charge is 0.328 e. The standard InChI is InChI=1S/C47H90N4O7/c1-5-9-13-17-19-24-32-40(30-22-15-11-7-3)44(53)56-37-27-21-26-34-43(52)51-42(35-36-50-47(48)49)46(55)58-39-29-28-38-57-45(54)41(31-23-16-12-8-4)33-25-20-18-14-10-6-2/h40-42H,5-39H2,1-4H3,(H,51,52)(H4,48,49,50)/t40?,41?,42-/m0/s1. The zero-order chi connectivity index (χ0) is 42.9. The first-order chi connectivity index (χ1) is 28.2. The van der Waals surface area contributed by atoms with Crippen molar-refractivity contribution < 1.29 is 33.4 Å². The lowest BCUT2D eigenvalue weighted by Crippen LogP contribution is -2.42. The van der Waals surface area contributed by atoms with Crippen LogP contribution in [0, 0.1) is 11.8 Å². The molecular formula is C47H90N4O7. The van der Waals surface area contributed by atoms with E-state index in [1.807, 2.05) is 0 Å². The molecule has 0 aliphatic carbocycles. The predicted octanol–water partition coefficient (Wildman–Crippen LogP) is 10.8. The molecule has 0 fully saturated rings. The van der Waals surface area contributed by atoms with Crippen LogP contribution in [-0.2, 0) is 33.4 Å². The van der Waals surface area contributed by atoms with Gasteiger partial charge in [0.25, 0.3) is 0 Å². The van der Waals surface area contributed by atoms with Crippen molar-refractivity contribution in [1.29, 1.82) is 0 Å². The topological polar surface area (TPSA) is 172 Å². The van der Waals surface area contributed by atoms with E-state index in [-0.39, 0.29) is 61.6 Å². The first-order valence-electron chi connectivity index (χ1n) is 24.0. The van der Waals surface area contributed by atoms with Crippen LogP contribution >= 0.6 is 0 Å². The second-order valence-electron chi connectivity index (χ2n) is 16.4. The summed E-state index contributed by atoms with van der Waals surface area (Å²) < 4.78 is 16.9. The first kappa shape index (κ1) is 55.2. The van der Waals surface area contributed by atoms with E-state index in [1.165, 1.54) is 83.5 Å². The maximum atomic E-state index is 13.0. The molecule has 0 saturated heterocycles. The molecule has 0 aromatic heterocycles. The van der Waals surface area contributed by atoms with Crippen LogP contribution in [0.25, 0.3) is 0 Å². The van der Waals surface area contributed by atoms with Crippen molar-refractivity contribution in [2.75, 3.05) is 26.4 Å². The van der Waals surface area contributed by atoms with Crippen molar-refractivity contribution in [3.63, 3.8) is 0 Å². The monoisotopic (exact) mass is 823 g/mol. The van der Waals surface area contributed by atoms with E-state index in [2.05, 4.69) is 38.0 Å². The minimum atomic E-state index is -0.884. The summed E-state index contributed by atoms with van der Waals surface area (Å²) >= 11 is 0. The fourth-order valence-electron chi connectivity index (χ4n) is 7.20. The number of amides is 1. The molecule has 0 aromatic carbocycles. The zero-order valence-corrected chi connectivity index (χ0v) is 37.9. The van der Waals surface area contributed by atoms with Crippen LogP contribution < -0.4 is 16.8 Å². The van der Waals surface area contributed by atoms with Gasteiger partial charge in [-0.15, -0.1) is 0 Å². The molecule has 0 aromatic rings. The molecule has 1 amide bonds. The number of esters is 3. The second kappa shape index (κ2) is 40.9. The zero-order valence-electron chi connectivity index (χ0n) is 37.9. The van der Waals surface area contributed by atoms with Gasteiger partial charge in [0.1, 0.15) is 6.04 Å². The number of nitrogens with zero attached hydrogens (tertiary/aromatic N) is 1. The van der Waals surface area contributed by atoms with Gasteiger partial charge in [-0.2, -0.15) is 0 Å². The highest BCUT2D eigenvalue weighted by molar-refractivity contribution is 5.84. The normalized spacial score (nSPS) is 12.7. The minimum absolute atomic E-state index is 0.0239. The average molecular weight is 823 g/mol. The molecule has 0 aliphatic heterocycles. The van der Waals surface area contributed by atoms with Crippen LogP contribution in [-0.4, -0.2) is 62.2 Å². The molecule has 0 radical (unpaired) electrons. The van der Waals surface area contributed by atoms with E-state index in [0.717, 1.165) is 77.0 Å². The van der Waals surface area contributed by atoms with Crippen LogP contribution in [0.4, 0.5) is 0 Å². The Labute approximate surface area is 355 Å². The molecule has 5 N–H and O–H groups in total. The molecule has 2 unspecified atom stereocenters. The molecule has 0 rings (SSSR count). The highest BCUT2D eigenvalue weighted by Gasteiger charge is 2.23. The fraction of sp³-hybridized carbons (Fsp3) is 0.894. The Morgan fingerprint density at radius 2 is 0.793 bits per heavy atom. The quantitative estimate of drug-likeness (QED) is 0.0178. The number of carbonyl (C=O) groups is 4. The van der Waals surface area contributed by atoms with Gasteiger partial charge in [0.2, 0.25) is 5.91 Å². The van der Waals surface area contributed by atoms with E-state index in [4.69, 9.17) is 25.7 Å². The molecule has 11 heteroatoms. The minimum Gasteiger partial charge on any atom is -0.465 e. The summed E-state index contributed by atoms with van der Waals surface area (Å²) in [6.45, 7) is 9.79. The summed E-state index contributed by atoms with van der Waals surface area (Å²) in [5, 5.41) is 2.79. The Bertz CT molecular complexity index is 1040. The number of carbonyl (C=O) groups excluding carboxylic acids is 4. The third kappa shape index (κ3) is 34.1. The Balaban J connectivity index is 4.67. The van der Waals surface area contributed by atoms with Gasteiger partial charge in [-0.05, 0) is 64.2 Å². The Morgan fingerprint density at radius 3 is 1.21 bits per heavy atom. The summed E-state index contributed by atoms with van der Waals surface area (Å²) in [6, 6.07) is -0.884. The predicted molar refractivity (Wildman–Crippen MR) is 238 cm³/mol. The molecule has 340 valence electrons. The van der Waals surface area contributed by atoms with E-state index >= 15 is 0 Å². The molecule has 0 bridgehead atoms. The van der Waals surface area contributed by atoms with Crippen molar-refractivity contribution in [3.05, 3.63) is 0 Å². The van der Waals surface area contributed by atoms with E-state index < -0.39 is 12.0 Å². The Kier molecular flexibility index (Phi) is 38.9. The maximum absolute atomic E-state index is 13.0. The van der Waals surface area contributed by atoms with Gasteiger partial charge >= 0.3 is 17.9 Å². The lowest BCUT2D eigenvalue weighted by atomic mass is 9.94. The van der Waals surface area contributed by atoms with E-state index in [0.29, 0.717) is 38.9 Å². The number of hydrogen-bond donors (Lipinski definition) is 3. The number of hydrogen-bond acceptors (Lipinski definition) is 8. The van der Waals surface area contributed by atoms with Crippen LogP contribution in [0.3, 0.4) is 0 Å². The van der Waals surface area contributed by atoms with Crippen molar-refractivity contribution in [2.45, 2.75) is 233 Å². The van der Waals surface area contributed by atoms with E-state index in [9.17, 15) is 19.2 Å². The van der Waals surface area contributed by atoms with E-state index in [1.54, 1.807) is 0 Å². The summed E-state index contributed by atoms with van der Waals surface area (Å²) in [5.74, 6) is -1.14. The van der Waals surface area contributed by atoms with Gasteiger partial charge in [0, 0.05) is 13.0 Å². The average Bonchev–Trinajstić information content (AvgIpc) is 3.20. The molecule has 3 atom stereocenters. The molecule has 58 heavy (non-hydrogen) atoms. The van der Waals surface area contributed by atoms with Crippen molar-refractivity contribution in [2.24, 2.45) is 28.3 Å². The summed E-state index contributed by atoms with van der Waals surface area (Å²) in [7, 11) is 0. The van der Waals surface area contributed by atoms with Crippen LogP contribution in [0.2, 0.25) is 0 Å². The third-order valence-corrected chi connectivity index (χ3v) is 10.9. The molecule has 0 aliphatic rings. The molecule has 0 heterocycles. The third-order valence-electron chi connectivity index (χ3n) is 10.9. The number of ether oxygens (including phenoxy) is 3. The highest BCUT2D eigenvalue weighted by Crippen LogP contribution is 2.22. The van der Waals surface area contributed by atoms with Gasteiger partial charge in [-0.1, -0.05) is 156 Å². The van der Waals surface area contributed by atoms with Crippen molar-refractivity contribution in [1.82, 2.24) is 5.32 Å². The van der Waals surface area contributed by atoms with Gasteiger partial charge in [-0.25, -0.2) is 4.79 Å². The SMILES string of the molecule is CCCCCCCCC(CCCCCC)C(=O)OCCCCCC(=O)N[C@@H](CCN=C(N)N)C(=O)OCCCCOC(=O)C(CCCCCC)CCCCCCCC. The number of nitrogens with two attached hydrogens (primary N) is 2. The fourth-order valence-corrected chi connectivity index (χ4v) is 7.20. The highest BCUT2D eigenvalue weighted by atomic mass is 16.5. The molecule has 0 saturated carbocycles. The number of nitrogens with one attached hydrogen (secondary N) is 1. The van der Waals surface area contributed by atoms with Crippen LogP contribution in [0.1, 0.15) is 227 Å². The van der Waals surface area contributed by atoms with Crippen LogP contribution in [0.5, 0.6) is 0 Å². The van der Waals surface area contributed by atoms with Crippen LogP contribution in [0.15, 0.2) is 4.99 Å². The Hall–Kier alpha value is -2.85. The largest absolute Gasteiger partial charge is 0.465 e. The lowest BCUT2D eigenvalue weighted by molar-refractivity contribution is -0.151. The molecule has 11 nitrogen and oxygen atoms in total. The molecular weight excluding hydrogens is 733 g/mol. The molecule has 0 spiro atoms. The van der Waals surface area contributed by atoms with Gasteiger partial charge < -0.3 is 31.0 Å². The lowest BCUT2D eigenvalue weighted by Gasteiger charge is -2.18. The number of rotatable bonds is 42. The van der Waals surface area contributed by atoms with Gasteiger partial charge in [0.05, 0.1) is 31.7 Å². The van der Waals surface area contributed by atoms with Gasteiger partial charge in [-0.3, -0.25) is 19.4 Å². The maximum Gasteiger partial charge on any atom is 0.328 e. The Morgan fingerprint density at radius 1 is 0.448 bits per heavy atom.